The van der Waals surface area contributed by atoms with Crippen molar-refractivity contribution in [3.8, 4) is 0 Å². The van der Waals surface area contributed by atoms with E-state index in [1.54, 1.807) is 36.4 Å². The summed E-state index contributed by atoms with van der Waals surface area (Å²) in [6.45, 7) is 5.71. The summed E-state index contributed by atoms with van der Waals surface area (Å²) in [6, 6.07) is 8.58. The Morgan fingerprint density at radius 2 is 1.91 bits per heavy atom. The first-order chi connectivity index (χ1) is 16.1. The second-order valence-electron chi connectivity index (χ2n) is 10.9. The van der Waals surface area contributed by atoms with Crippen molar-refractivity contribution in [2.45, 2.75) is 52.1 Å². The van der Waals surface area contributed by atoms with Crippen molar-refractivity contribution in [3.05, 3.63) is 71.3 Å². The highest BCUT2D eigenvalue weighted by molar-refractivity contribution is 6.01. The number of ketones is 2. The summed E-state index contributed by atoms with van der Waals surface area (Å²) in [4.78, 5) is 37.8. The minimum absolute atomic E-state index is 0.0479. The van der Waals surface area contributed by atoms with E-state index in [2.05, 4.69) is 13.0 Å². The molecule has 4 aliphatic carbocycles. The highest BCUT2D eigenvalue weighted by Gasteiger charge is 2.67. The molecule has 5 nitrogen and oxygen atoms in total. The molecule has 1 aromatic rings. The number of allylic oxidation sites excluding steroid dienone is 6. The number of carbonyl (C=O) groups excluding carboxylic acids is 3. The Kier molecular flexibility index (Phi) is 5.32. The maximum absolute atomic E-state index is 13.5. The van der Waals surface area contributed by atoms with Gasteiger partial charge in [-0.2, -0.15) is 0 Å². The molecule has 4 aliphatic rings. The average molecular weight is 461 g/mol. The summed E-state index contributed by atoms with van der Waals surface area (Å²) in [6.07, 6.45) is 10.8. The van der Waals surface area contributed by atoms with Gasteiger partial charge in [-0.15, -0.1) is 0 Å². The van der Waals surface area contributed by atoms with Crippen molar-refractivity contribution in [2.24, 2.45) is 28.6 Å². The lowest BCUT2D eigenvalue weighted by molar-refractivity contribution is -0.161. The predicted octanol–water partition coefficient (Wildman–Crippen LogP) is 4.62. The Morgan fingerprint density at radius 3 is 2.65 bits per heavy atom. The van der Waals surface area contributed by atoms with Gasteiger partial charge >= 0.3 is 5.97 Å². The molecule has 0 aromatic heterocycles. The van der Waals surface area contributed by atoms with Crippen LogP contribution in [0.25, 0.3) is 0 Å². The zero-order valence-corrected chi connectivity index (χ0v) is 20.0. The van der Waals surface area contributed by atoms with Crippen molar-refractivity contribution in [1.29, 1.82) is 0 Å². The first kappa shape index (κ1) is 23.0. The summed E-state index contributed by atoms with van der Waals surface area (Å²) in [7, 11) is 0. The third-order valence-electron chi connectivity index (χ3n) is 9.30. The fraction of sp³-hybridized carbons (Fsp3) is 0.483. The molecule has 1 aromatic carbocycles. The van der Waals surface area contributed by atoms with E-state index in [0.29, 0.717) is 12.0 Å². The predicted molar refractivity (Wildman–Crippen MR) is 128 cm³/mol. The van der Waals surface area contributed by atoms with Crippen LogP contribution in [0.1, 0.15) is 56.8 Å². The number of ether oxygens (including phenoxy) is 1. The van der Waals surface area contributed by atoms with Crippen LogP contribution >= 0.6 is 0 Å². The second kappa shape index (κ2) is 7.88. The molecule has 0 unspecified atom stereocenters. The van der Waals surface area contributed by atoms with Gasteiger partial charge in [0.15, 0.2) is 12.4 Å². The van der Waals surface area contributed by atoms with Gasteiger partial charge in [0, 0.05) is 10.8 Å². The Morgan fingerprint density at radius 1 is 1.18 bits per heavy atom. The number of hydrogen-bond donors (Lipinski definition) is 1. The number of Topliss-reactive ketones (excluding diaryl/α,β-unsaturated/α-hetero) is 1. The van der Waals surface area contributed by atoms with Crippen LogP contribution < -0.4 is 0 Å². The largest absolute Gasteiger partial charge is 0.454 e. The van der Waals surface area contributed by atoms with Crippen LogP contribution in [0.5, 0.6) is 0 Å². The number of benzene rings is 1. The lowest BCUT2D eigenvalue weighted by Crippen LogP contribution is -2.57. The standard InChI is InChI=1S/C29H32O5/c1-18-15-24-22-10-9-20-16-21(30)11-13-27(20,2)23(22)12-14-28(24,3)29(18,33)25(31)17-34-26(32)19-7-5-4-6-8-19/h4-8,11-13,16,18,22,24,33H,9-10,14-15,17H2,1-3H3/t18-,22-,24-,27+,28-,29+/m1/s1. The molecule has 5 heteroatoms. The van der Waals surface area contributed by atoms with Crippen LogP contribution in [0.15, 0.2) is 65.8 Å². The van der Waals surface area contributed by atoms with Gasteiger partial charge in [-0.1, -0.05) is 55.3 Å². The van der Waals surface area contributed by atoms with Gasteiger partial charge in [-0.05, 0) is 74.6 Å². The number of hydrogen-bond acceptors (Lipinski definition) is 5. The maximum Gasteiger partial charge on any atom is 0.338 e. The smallest absolute Gasteiger partial charge is 0.338 e. The number of esters is 1. The van der Waals surface area contributed by atoms with E-state index in [4.69, 9.17) is 4.74 Å². The zero-order chi connectivity index (χ0) is 24.3. The Balaban J connectivity index is 1.41. The summed E-state index contributed by atoms with van der Waals surface area (Å²) in [5.41, 5.74) is 0.396. The van der Waals surface area contributed by atoms with E-state index in [1.165, 1.54) is 5.57 Å². The molecule has 5 rings (SSSR count). The van der Waals surface area contributed by atoms with Crippen LogP contribution in [-0.4, -0.2) is 34.9 Å². The van der Waals surface area contributed by atoms with Gasteiger partial charge < -0.3 is 9.84 Å². The fourth-order valence-electron chi connectivity index (χ4n) is 7.36. The molecular weight excluding hydrogens is 428 g/mol. The van der Waals surface area contributed by atoms with Gasteiger partial charge in [0.1, 0.15) is 5.60 Å². The van der Waals surface area contributed by atoms with Crippen LogP contribution in [0.3, 0.4) is 0 Å². The molecule has 178 valence electrons. The van der Waals surface area contributed by atoms with Gasteiger partial charge in [0.05, 0.1) is 5.56 Å². The first-order valence-electron chi connectivity index (χ1n) is 12.2. The van der Waals surface area contributed by atoms with Crippen LogP contribution in [0, 0.1) is 28.6 Å². The lowest BCUT2D eigenvalue weighted by atomic mass is 9.51. The molecule has 2 fully saturated rings. The van der Waals surface area contributed by atoms with E-state index in [9.17, 15) is 19.5 Å². The molecule has 0 radical (unpaired) electrons. The molecule has 34 heavy (non-hydrogen) atoms. The zero-order valence-electron chi connectivity index (χ0n) is 20.0. The SMILES string of the molecule is C[C@@H]1C[C@@H]2[C@@H]3CCC4=CC(=O)C=C[C@]4(C)C3=CC[C@@]2(C)[C@@]1(O)C(=O)COC(=O)c1ccccc1. The fourth-order valence-corrected chi connectivity index (χ4v) is 7.36. The van der Waals surface area contributed by atoms with Crippen molar-refractivity contribution >= 4 is 17.5 Å². The van der Waals surface area contributed by atoms with Gasteiger partial charge in [0.2, 0.25) is 5.78 Å². The minimum atomic E-state index is -1.56. The number of fused-ring (bicyclic) bond motifs is 5. The summed E-state index contributed by atoms with van der Waals surface area (Å²) in [5, 5.41) is 11.9. The molecule has 0 heterocycles. The van der Waals surface area contributed by atoms with Gasteiger partial charge in [0.25, 0.3) is 0 Å². The number of carbonyl (C=O) groups is 3. The minimum Gasteiger partial charge on any atom is -0.454 e. The number of rotatable bonds is 4. The first-order valence-corrected chi connectivity index (χ1v) is 12.2. The molecule has 0 aliphatic heterocycles. The summed E-state index contributed by atoms with van der Waals surface area (Å²) >= 11 is 0. The van der Waals surface area contributed by atoms with Crippen molar-refractivity contribution in [1.82, 2.24) is 0 Å². The molecule has 0 bridgehead atoms. The molecule has 0 spiro atoms. The second-order valence-corrected chi connectivity index (χ2v) is 10.9. The van der Waals surface area contributed by atoms with E-state index in [1.807, 2.05) is 26.0 Å². The van der Waals surface area contributed by atoms with Crippen LogP contribution in [0.4, 0.5) is 0 Å². The highest BCUT2D eigenvalue weighted by Crippen LogP contribution is 2.66. The highest BCUT2D eigenvalue weighted by atomic mass is 16.5. The molecular formula is C29H32O5. The summed E-state index contributed by atoms with van der Waals surface area (Å²) in [5.74, 6) is -0.788. The van der Waals surface area contributed by atoms with Crippen LogP contribution in [-0.2, 0) is 14.3 Å². The molecule has 1 N–H and O–H groups in total. The quantitative estimate of drug-likeness (QED) is 0.524. The van der Waals surface area contributed by atoms with Gasteiger partial charge in [-0.25, -0.2) is 4.79 Å². The molecule has 6 atom stereocenters. The van der Waals surface area contributed by atoms with Crippen molar-refractivity contribution in [3.63, 3.8) is 0 Å². The maximum atomic E-state index is 13.5. The summed E-state index contributed by atoms with van der Waals surface area (Å²) < 4.78 is 5.33. The molecule has 0 amide bonds. The third kappa shape index (κ3) is 3.13. The van der Waals surface area contributed by atoms with Crippen molar-refractivity contribution < 1.29 is 24.2 Å². The van der Waals surface area contributed by atoms with E-state index in [0.717, 1.165) is 24.8 Å². The van der Waals surface area contributed by atoms with Gasteiger partial charge in [-0.3, -0.25) is 9.59 Å². The molecule has 0 saturated heterocycles. The van der Waals surface area contributed by atoms with Crippen molar-refractivity contribution in [2.75, 3.05) is 6.61 Å². The van der Waals surface area contributed by atoms with Crippen LogP contribution in [0.2, 0.25) is 0 Å². The van der Waals surface area contributed by atoms with E-state index < -0.39 is 29.4 Å². The lowest BCUT2D eigenvalue weighted by Gasteiger charge is -2.53. The van der Waals surface area contributed by atoms with E-state index >= 15 is 0 Å². The molecule has 2 saturated carbocycles. The Labute approximate surface area is 200 Å². The monoisotopic (exact) mass is 460 g/mol. The van der Waals surface area contributed by atoms with E-state index in [-0.39, 0.29) is 29.0 Å². The Hall–Kier alpha value is -2.79. The average Bonchev–Trinajstić information content (AvgIpc) is 3.05. The Bertz CT molecular complexity index is 1140. The number of aliphatic hydroxyl groups is 1. The normalized spacial score (nSPS) is 38.2. The third-order valence-corrected chi connectivity index (χ3v) is 9.30. The topological polar surface area (TPSA) is 80.7 Å².